The third-order valence-electron chi connectivity index (χ3n) is 4.12. The maximum atomic E-state index is 12.4. The van der Waals surface area contributed by atoms with Crippen LogP contribution < -0.4 is 5.73 Å². The van der Waals surface area contributed by atoms with Crippen molar-refractivity contribution in [3.8, 4) is 0 Å². The fourth-order valence-corrected chi connectivity index (χ4v) is 2.89. The molecule has 2 unspecified atom stereocenters. The van der Waals surface area contributed by atoms with Gasteiger partial charge in [-0.05, 0) is 31.7 Å². The lowest BCUT2D eigenvalue weighted by Gasteiger charge is -2.37. The van der Waals surface area contributed by atoms with Crippen molar-refractivity contribution in [2.75, 3.05) is 6.54 Å². The zero-order chi connectivity index (χ0) is 15.4. The molecule has 3 atom stereocenters. The van der Waals surface area contributed by atoms with Crippen LogP contribution in [0.2, 0.25) is 0 Å². The minimum absolute atomic E-state index is 0.0748. The number of hydrogen-bond donors (Lipinski definition) is 2. The lowest BCUT2D eigenvalue weighted by molar-refractivity contribution is -0.147. The Hall–Kier alpha value is -1.88. The number of carbonyl (C=O) groups is 2. The molecule has 1 heterocycles. The third kappa shape index (κ3) is 3.82. The van der Waals surface area contributed by atoms with Gasteiger partial charge in [-0.2, -0.15) is 0 Å². The van der Waals surface area contributed by atoms with Gasteiger partial charge in [-0.1, -0.05) is 30.3 Å². The summed E-state index contributed by atoms with van der Waals surface area (Å²) in [4.78, 5) is 25.2. The number of hydrogen-bond acceptors (Lipinski definition) is 3. The molecular formula is C16H22N2O3. The first-order valence-electron chi connectivity index (χ1n) is 7.32. The molecule has 0 saturated carbocycles. The van der Waals surface area contributed by atoms with Crippen LogP contribution in [0.5, 0.6) is 0 Å². The third-order valence-corrected chi connectivity index (χ3v) is 4.12. The Morgan fingerprint density at radius 1 is 1.38 bits per heavy atom. The van der Waals surface area contributed by atoms with Gasteiger partial charge in [0.1, 0.15) is 0 Å². The summed E-state index contributed by atoms with van der Waals surface area (Å²) in [7, 11) is 0. The molecule has 1 fully saturated rings. The number of nitrogens with two attached hydrogens (primary N) is 1. The first-order chi connectivity index (χ1) is 9.99. The average molecular weight is 290 g/mol. The van der Waals surface area contributed by atoms with Gasteiger partial charge in [0.2, 0.25) is 5.91 Å². The first kappa shape index (κ1) is 15.5. The maximum absolute atomic E-state index is 12.4. The van der Waals surface area contributed by atoms with Gasteiger partial charge in [0.25, 0.3) is 0 Å². The predicted octanol–water partition coefficient (Wildman–Crippen LogP) is 1.27. The van der Waals surface area contributed by atoms with Crippen molar-refractivity contribution in [1.82, 2.24) is 4.90 Å². The quantitative estimate of drug-likeness (QED) is 0.874. The molecule has 5 heteroatoms. The Morgan fingerprint density at radius 2 is 2.05 bits per heavy atom. The van der Waals surface area contributed by atoms with E-state index in [1.54, 1.807) is 4.90 Å². The van der Waals surface area contributed by atoms with Crippen molar-refractivity contribution < 1.29 is 14.7 Å². The van der Waals surface area contributed by atoms with E-state index in [-0.39, 0.29) is 17.9 Å². The molecule has 0 bridgehead atoms. The van der Waals surface area contributed by atoms with Crippen LogP contribution in [-0.4, -0.2) is 40.5 Å². The number of carboxylic acids is 1. The summed E-state index contributed by atoms with van der Waals surface area (Å²) in [6, 6.07) is 9.03. The molecule has 3 N–H and O–H groups in total. The highest BCUT2D eigenvalue weighted by atomic mass is 16.4. The second kappa shape index (κ2) is 6.72. The van der Waals surface area contributed by atoms with Crippen molar-refractivity contribution >= 4 is 11.9 Å². The van der Waals surface area contributed by atoms with Crippen LogP contribution >= 0.6 is 0 Å². The minimum Gasteiger partial charge on any atom is -0.481 e. The number of aliphatic carboxylic acids is 1. The summed E-state index contributed by atoms with van der Waals surface area (Å²) in [6.45, 7) is 2.36. The predicted molar refractivity (Wildman–Crippen MR) is 79.7 cm³/mol. The van der Waals surface area contributed by atoms with Gasteiger partial charge >= 0.3 is 5.97 Å². The number of benzene rings is 1. The Balaban J connectivity index is 1.95. The number of carboxylic acid groups (broad SMARTS) is 1. The Bertz CT molecular complexity index is 504. The van der Waals surface area contributed by atoms with E-state index in [0.29, 0.717) is 25.8 Å². The van der Waals surface area contributed by atoms with Crippen LogP contribution in [0.1, 0.15) is 25.3 Å². The van der Waals surface area contributed by atoms with Crippen LogP contribution in [0.4, 0.5) is 0 Å². The lowest BCUT2D eigenvalue weighted by Crippen LogP contribution is -2.52. The molecule has 1 amide bonds. The van der Waals surface area contributed by atoms with E-state index in [4.69, 9.17) is 10.8 Å². The van der Waals surface area contributed by atoms with E-state index >= 15 is 0 Å². The molecule has 21 heavy (non-hydrogen) atoms. The van der Waals surface area contributed by atoms with Gasteiger partial charge in [-0.15, -0.1) is 0 Å². The van der Waals surface area contributed by atoms with Crippen molar-refractivity contribution in [1.29, 1.82) is 0 Å². The molecular weight excluding hydrogens is 268 g/mol. The molecule has 0 radical (unpaired) electrons. The van der Waals surface area contributed by atoms with Crippen molar-refractivity contribution in [3.63, 3.8) is 0 Å². The van der Waals surface area contributed by atoms with Crippen LogP contribution in [-0.2, 0) is 16.0 Å². The summed E-state index contributed by atoms with van der Waals surface area (Å²) in [5.41, 5.74) is 7.06. The summed E-state index contributed by atoms with van der Waals surface area (Å²) >= 11 is 0. The van der Waals surface area contributed by atoms with Gasteiger partial charge in [-0.25, -0.2) is 0 Å². The molecule has 1 aromatic rings. The average Bonchev–Trinajstić information content (AvgIpc) is 2.47. The number of rotatable bonds is 4. The number of carbonyl (C=O) groups excluding carboxylic acids is 1. The summed E-state index contributed by atoms with van der Waals surface area (Å²) in [6.07, 6.45) is 1.51. The molecule has 0 aromatic heterocycles. The molecule has 0 spiro atoms. The Kier molecular flexibility index (Phi) is 4.96. The first-order valence-corrected chi connectivity index (χ1v) is 7.32. The monoisotopic (exact) mass is 290 g/mol. The molecule has 5 nitrogen and oxygen atoms in total. The summed E-state index contributed by atoms with van der Waals surface area (Å²) in [5.74, 6) is -1.22. The second-order valence-electron chi connectivity index (χ2n) is 5.74. The van der Waals surface area contributed by atoms with Crippen LogP contribution in [0.3, 0.4) is 0 Å². The molecule has 1 saturated heterocycles. The number of piperidine rings is 1. The lowest BCUT2D eigenvalue weighted by atomic mass is 9.91. The number of nitrogens with zero attached hydrogens (tertiary/aromatic N) is 1. The van der Waals surface area contributed by atoms with Gasteiger partial charge in [0.05, 0.1) is 12.0 Å². The fraction of sp³-hybridized carbons (Fsp3) is 0.500. The number of amides is 1. The van der Waals surface area contributed by atoms with E-state index in [0.717, 1.165) is 5.56 Å². The zero-order valence-corrected chi connectivity index (χ0v) is 12.2. The summed E-state index contributed by atoms with van der Waals surface area (Å²) < 4.78 is 0. The van der Waals surface area contributed by atoms with E-state index < -0.39 is 12.0 Å². The topological polar surface area (TPSA) is 83.6 Å². The molecule has 114 valence electrons. The van der Waals surface area contributed by atoms with Crippen LogP contribution in [0.25, 0.3) is 0 Å². The highest BCUT2D eigenvalue weighted by Gasteiger charge is 2.33. The SMILES string of the molecule is CC1CC(C(=O)O)CCN1C(=O)[C@@H](N)Cc1ccccc1. The number of likely N-dealkylation sites (tertiary alicyclic amines) is 1. The van der Waals surface area contributed by atoms with Gasteiger partial charge in [0, 0.05) is 12.6 Å². The molecule has 1 aliphatic heterocycles. The molecule has 1 aromatic carbocycles. The van der Waals surface area contributed by atoms with Gasteiger partial charge in [0.15, 0.2) is 0 Å². The van der Waals surface area contributed by atoms with Crippen molar-refractivity contribution in [2.45, 2.75) is 38.3 Å². The zero-order valence-electron chi connectivity index (χ0n) is 12.2. The highest BCUT2D eigenvalue weighted by molar-refractivity contribution is 5.82. The highest BCUT2D eigenvalue weighted by Crippen LogP contribution is 2.23. The maximum Gasteiger partial charge on any atom is 0.306 e. The smallest absolute Gasteiger partial charge is 0.306 e. The van der Waals surface area contributed by atoms with E-state index in [1.165, 1.54) is 0 Å². The second-order valence-corrected chi connectivity index (χ2v) is 5.74. The van der Waals surface area contributed by atoms with Gasteiger partial charge in [-0.3, -0.25) is 9.59 Å². The van der Waals surface area contributed by atoms with E-state index in [1.807, 2.05) is 37.3 Å². The summed E-state index contributed by atoms with van der Waals surface area (Å²) in [5, 5.41) is 9.06. The van der Waals surface area contributed by atoms with Crippen molar-refractivity contribution in [2.24, 2.45) is 11.7 Å². The largest absolute Gasteiger partial charge is 0.481 e. The molecule has 2 rings (SSSR count). The van der Waals surface area contributed by atoms with Crippen LogP contribution in [0, 0.1) is 5.92 Å². The Labute approximate surface area is 124 Å². The molecule has 0 aliphatic carbocycles. The normalized spacial score (nSPS) is 23.6. The van der Waals surface area contributed by atoms with E-state index in [9.17, 15) is 9.59 Å². The fourth-order valence-electron chi connectivity index (χ4n) is 2.89. The van der Waals surface area contributed by atoms with E-state index in [2.05, 4.69) is 0 Å². The molecule has 1 aliphatic rings. The van der Waals surface area contributed by atoms with Gasteiger partial charge < -0.3 is 15.7 Å². The van der Waals surface area contributed by atoms with Crippen molar-refractivity contribution in [3.05, 3.63) is 35.9 Å². The standard InChI is InChI=1S/C16H22N2O3/c1-11-9-13(16(20)21)7-8-18(11)15(19)14(17)10-12-5-3-2-4-6-12/h2-6,11,13-14H,7-10,17H2,1H3,(H,20,21)/t11?,13?,14-/m0/s1. The Morgan fingerprint density at radius 3 is 2.62 bits per heavy atom. The minimum atomic E-state index is -0.775. The van der Waals surface area contributed by atoms with Crippen LogP contribution in [0.15, 0.2) is 30.3 Å².